The normalized spacial score (nSPS) is 12.2. The molecule has 30 heavy (non-hydrogen) atoms. The Bertz CT molecular complexity index is 1170. The van der Waals surface area contributed by atoms with E-state index >= 15 is 0 Å². The van der Waals surface area contributed by atoms with E-state index in [0.717, 1.165) is 23.4 Å². The lowest BCUT2D eigenvalue weighted by molar-refractivity contribution is 0.0939. The van der Waals surface area contributed by atoms with Crippen LogP contribution in [0.3, 0.4) is 0 Å². The van der Waals surface area contributed by atoms with Crippen molar-refractivity contribution in [2.24, 2.45) is 0 Å². The van der Waals surface area contributed by atoms with Crippen LogP contribution in [0, 0.1) is 13.8 Å². The fourth-order valence-electron chi connectivity index (χ4n) is 3.33. The summed E-state index contributed by atoms with van der Waals surface area (Å²) in [5.41, 5.74) is 4.81. The SMILES string of the molecule is Cc1cc(C)n2nc(SCc3ccccc3C(=O)NC(C)Cc3ccsc3)nc2n1. The molecule has 1 atom stereocenters. The van der Waals surface area contributed by atoms with Crippen molar-refractivity contribution in [2.75, 3.05) is 0 Å². The van der Waals surface area contributed by atoms with E-state index in [1.54, 1.807) is 15.9 Å². The fraction of sp³-hybridized carbons (Fsp3) is 0.273. The van der Waals surface area contributed by atoms with Crippen LogP contribution in [0.5, 0.6) is 0 Å². The van der Waals surface area contributed by atoms with Gasteiger partial charge < -0.3 is 5.32 Å². The quantitative estimate of drug-likeness (QED) is 0.432. The molecule has 0 fully saturated rings. The molecule has 0 saturated heterocycles. The Morgan fingerprint density at radius 3 is 2.87 bits per heavy atom. The third-order valence-corrected chi connectivity index (χ3v) is 6.34. The maximum atomic E-state index is 12.9. The monoisotopic (exact) mass is 437 g/mol. The number of carbonyl (C=O) groups excluding carboxylic acids is 1. The topological polar surface area (TPSA) is 72.2 Å². The molecule has 1 N–H and O–H groups in total. The van der Waals surface area contributed by atoms with Gasteiger partial charge in [-0.2, -0.15) is 16.3 Å². The minimum Gasteiger partial charge on any atom is -0.349 e. The van der Waals surface area contributed by atoms with E-state index in [4.69, 9.17) is 0 Å². The zero-order valence-corrected chi connectivity index (χ0v) is 18.8. The maximum Gasteiger partial charge on any atom is 0.253 e. The molecule has 4 aromatic rings. The number of rotatable bonds is 7. The van der Waals surface area contributed by atoms with Crippen LogP contribution in [0.2, 0.25) is 0 Å². The van der Waals surface area contributed by atoms with Gasteiger partial charge in [0.05, 0.1) is 0 Å². The number of hydrogen-bond acceptors (Lipinski definition) is 6. The predicted molar refractivity (Wildman–Crippen MR) is 121 cm³/mol. The molecule has 154 valence electrons. The Kier molecular flexibility index (Phi) is 6.15. The lowest BCUT2D eigenvalue weighted by Crippen LogP contribution is -2.34. The minimum atomic E-state index is -0.0509. The number of aryl methyl sites for hydroxylation is 2. The molecule has 0 aliphatic heterocycles. The largest absolute Gasteiger partial charge is 0.349 e. The van der Waals surface area contributed by atoms with Crippen LogP contribution in [0.25, 0.3) is 5.78 Å². The molecule has 3 aromatic heterocycles. The lowest BCUT2D eigenvalue weighted by Gasteiger charge is -2.15. The number of thioether (sulfide) groups is 1. The van der Waals surface area contributed by atoms with Crippen LogP contribution in [-0.4, -0.2) is 31.5 Å². The Labute approximate surface area is 183 Å². The Morgan fingerprint density at radius 2 is 2.07 bits per heavy atom. The summed E-state index contributed by atoms with van der Waals surface area (Å²) in [6.07, 6.45) is 0.823. The molecule has 0 aliphatic carbocycles. The standard InChI is InChI=1S/C22H23N5OS2/c1-14-10-16(3)27-21(24-14)25-22(26-27)30-13-18-6-4-5-7-19(18)20(28)23-15(2)11-17-8-9-29-12-17/h4-10,12,15H,11,13H2,1-3H3,(H,23,28). The summed E-state index contributed by atoms with van der Waals surface area (Å²) in [4.78, 5) is 21.8. The van der Waals surface area contributed by atoms with Crippen LogP contribution >= 0.6 is 23.1 Å². The molecular weight excluding hydrogens is 414 g/mol. The number of hydrogen-bond donors (Lipinski definition) is 1. The van der Waals surface area contributed by atoms with Gasteiger partial charge in [-0.25, -0.2) is 9.50 Å². The van der Waals surface area contributed by atoms with E-state index in [2.05, 4.69) is 37.2 Å². The number of nitrogens with one attached hydrogen (secondary N) is 1. The van der Waals surface area contributed by atoms with E-state index in [9.17, 15) is 4.79 Å². The van der Waals surface area contributed by atoms with Crippen molar-refractivity contribution in [1.82, 2.24) is 24.9 Å². The first-order valence-electron chi connectivity index (χ1n) is 9.73. The van der Waals surface area contributed by atoms with E-state index in [1.807, 2.05) is 51.1 Å². The number of aromatic nitrogens is 4. The number of fused-ring (bicyclic) bond motifs is 1. The van der Waals surface area contributed by atoms with Gasteiger partial charge in [-0.3, -0.25) is 4.79 Å². The fourth-order valence-corrected chi connectivity index (χ4v) is 4.84. The van der Waals surface area contributed by atoms with E-state index in [1.165, 1.54) is 17.3 Å². The van der Waals surface area contributed by atoms with Gasteiger partial charge in [-0.05, 0) is 67.3 Å². The van der Waals surface area contributed by atoms with Crippen LogP contribution < -0.4 is 5.32 Å². The van der Waals surface area contributed by atoms with Crippen molar-refractivity contribution >= 4 is 34.8 Å². The summed E-state index contributed by atoms with van der Waals surface area (Å²) < 4.78 is 1.75. The van der Waals surface area contributed by atoms with Crippen LogP contribution in [-0.2, 0) is 12.2 Å². The molecule has 0 bridgehead atoms. The second-order valence-electron chi connectivity index (χ2n) is 7.30. The number of benzene rings is 1. The van der Waals surface area contributed by atoms with E-state index < -0.39 is 0 Å². The third kappa shape index (κ3) is 4.71. The Hall–Kier alpha value is -2.71. The van der Waals surface area contributed by atoms with Gasteiger partial charge in [0.2, 0.25) is 5.16 Å². The molecule has 1 unspecified atom stereocenters. The molecule has 1 amide bonds. The Morgan fingerprint density at radius 1 is 1.23 bits per heavy atom. The molecule has 0 radical (unpaired) electrons. The van der Waals surface area contributed by atoms with E-state index in [-0.39, 0.29) is 11.9 Å². The van der Waals surface area contributed by atoms with E-state index in [0.29, 0.717) is 22.3 Å². The third-order valence-electron chi connectivity index (χ3n) is 4.72. The van der Waals surface area contributed by atoms with Crippen molar-refractivity contribution in [3.8, 4) is 0 Å². The van der Waals surface area contributed by atoms with Crippen LogP contribution in [0.15, 0.2) is 52.3 Å². The summed E-state index contributed by atoms with van der Waals surface area (Å²) in [7, 11) is 0. The number of amides is 1. The maximum absolute atomic E-state index is 12.9. The van der Waals surface area contributed by atoms with Gasteiger partial charge in [0.15, 0.2) is 0 Å². The first kappa shape index (κ1) is 20.6. The molecule has 0 aliphatic rings. The highest BCUT2D eigenvalue weighted by Gasteiger charge is 2.15. The smallest absolute Gasteiger partial charge is 0.253 e. The van der Waals surface area contributed by atoms with Gasteiger partial charge in [0, 0.05) is 28.7 Å². The van der Waals surface area contributed by atoms with Crippen molar-refractivity contribution in [2.45, 2.75) is 44.1 Å². The zero-order valence-electron chi connectivity index (χ0n) is 17.1. The zero-order chi connectivity index (χ0) is 21.1. The second-order valence-corrected chi connectivity index (χ2v) is 9.02. The minimum absolute atomic E-state index is 0.0509. The lowest BCUT2D eigenvalue weighted by atomic mass is 10.1. The molecule has 0 saturated carbocycles. The number of thiophene rings is 1. The summed E-state index contributed by atoms with van der Waals surface area (Å²) in [5.74, 6) is 1.16. The van der Waals surface area contributed by atoms with Gasteiger partial charge in [-0.15, -0.1) is 5.10 Å². The first-order valence-corrected chi connectivity index (χ1v) is 11.7. The van der Waals surface area contributed by atoms with Gasteiger partial charge in [-0.1, -0.05) is 30.0 Å². The number of carbonyl (C=O) groups is 1. The van der Waals surface area contributed by atoms with Crippen molar-refractivity contribution in [1.29, 1.82) is 0 Å². The van der Waals surface area contributed by atoms with Gasteiger partial charge >= 0.3 is 0 Å². The van der Waals surface area contributed by atoms with Gasteiger partial charge in [0.1, 0.15) is 0 Å². The molecule has 8 heteroatoms. The predicted octanol–water partition coefficient (Wildman–Crippen LogP) is 4.46. The Balaban J connectivity index is 1.45. The van der Waals surface area contributed by atoms with Gasteiger partial charge in [0.25, 0.3) is 11.7 Å². The number of nitrogens with zero attached hydrogens (tertiary/aromatic N) is 4. The average molecular weight is 438 g/mol. The highest BCUT2D eigenvalue weighted by molar-refractivity contribution is 7.98. The van der Waals surface area contributed by atoms with Crippen LogP contribution in [0.4, 0.5) is 0 Å². The summed E-state index contributed by atoms with van der Waals surface area (Å²) in [5, 5.41) is 12.5. The highest BCUT2D eigenvalue weighted by Crippen LogP contribution is 2.23. The van der Waals surface area contributed by atoms with Crippen molar-refractivity contribution in [3.63, 3.8) is 0 Å². The summed E-state index contributed by atoms with van der Waals surface area (Å²) in [6.45, 7) is 5.97. The summed E-state index contributed by atoms with van der Waals surface area (Å²) in [6, 6.07) is 11.8. The molecular formula is C22H23N5OS2. The first-order chi connectivity index (χ1) is 14.5. The molecule has 6 nitrogen and oxygen atoms in total. The van der Waals surface area contributed by atoms with Crippen molar-refractivity contribution < 1.29 is 4.79 Å². The molecule has 0 spiro atoms. The molecule has 4 rings (SSSR count). The molecule has 3 heterocycles. The van der Waals surface area contributed by atoms with Crippen LogP contribution in [0.1, 0.15) is 39.8 Å². The highest BCUT2D eigenvalue weighted by atomic mass is 32.2. The second kappa shape index (κ2) is 8.97. The molecule has 1 aromatic carbocycles. The van der Waals surface area contributed by atoms with Crippen molar-refractivity contribution in [3.05, 3.63) is 75.2 Å². The summed E-state index contributed by atoms with van der Waals surface area (Å²) >= 11 is 3.18. The average Bonchev–Trinajstić information content (AvgIpc) is 3.36.